The van der Waals surface area contributed by atoms with Gasteiger partial charge in [0.05, 0.1) is 6.07 Å². The molecule has 0 saturated carbocycles. The summed E-state index contributed by atoms with van der Waals surface area (Å²) in [6, 6.07) is 1.87. The Hall–Kier alpha value is -0.230. The van der Waals surface area contributed by atoms with Crippen LogP contribution in [0.1, 0.15) is 19.3 Å². The molecule has 11 heavy (non-hydrogen) atoms. The summed E-state index contributed by atoms with van der Waals surface area (Å²) in [7, 11) is 0. The Morgan fingerprint density at radius 2 is 2.45 bits per heavy atom. The van der Waals surface area contributed by atoms with Crippen LogP contribution in [-0.4, -0.2) is 0 Å². The van der Waals surface area contributed by atoms with Crippen LogP contribution in [0.25, 0.3) is 0 Å². The fourth-order valence-electron chi connectivity index (χ4n) is 1.09. The van der Waals surface area contributed by atoms with Crippen LogP contribution in [0.3, 0.4) is 0 Å². The maximum absolute atomic E-state index is 10.2. The molecule has 52 valence electrons. The van der Waals surface area contributed by atoms with Crippen molar-refractivity contribution in [3.63, 3.8) is 0 Å². The fourth-order valence-corrected chi connectivity index (χ4v) is 1.09. The Bertz CT molecular complexity index is 225. The van der Waals surface area contributed by atoms with Crippen LogP contribution in [0.2, 0.25) is 0 Å². The zero-order chi connectivity index (χ0) is 7.40. The van der Waals surface area contributed by atoms with Gasteiger partial charge in [0.15, 0.2) is 0 Å². The minimum absolute atomic E-state index is 0. The molecule has 0 N–H and O–H groups in total. The predicted molar refractivity (Wildman–Crippen MR) is 35.6 cm³/mol. The SMILES string of the molecule is N#C/C(=C\[O-])C1=CCCC1.[Na+]. The van der Waals surface area contributed by atoms with Gasteiger partial charge in [-0.25, -0.2) is 0 Å². The van der Waals surface area contributed by atoms with Crippen LogP contribution in [-0.2, 0) is 0 Å². The van der Waals surface area contributed by atoms with E-state index in [9.17, 15) is 5.11 Å². The first-order chi connectivity index (χ1) is 4.88. The average Bonchev–Trinajstić information content (AvgIpc) is 2.43. The van der Waals surface area contributed by atoms with Gasteiger partial charge in [-0.2, -0.15) is 5.26 Å². The van der Waals surface area contributed by atoms with Crippen LogP contribution in [0.15, 0.2) is 23.5 Å². The smallest absolute Gasteiger partial charge is 0.877 e. The minimum Gasteiger partial charge on any atom is -0.877 e. The van der Waals surface area contributed by atoms with Crippen molar-refractivity contribution in [1.82, 2.24) is 0 Å². The number of hydrogen-bond acceptors (Lipinski definition) is 2. The molecule has 0 radical (unpaired) electrons. The van der Waals surface area contributed by atoms with E-state index in [4.69, 9.17) is 5.26 Å². The van der Waals surface area contributed by atoms with E-state index in [1.54, 1.807) is 0 Å². The second-order valence-electron chi connectivity index (χ2n) is 2.26. The predicted octanol–water partition coefficient (Wildman–Crippen LogP) is -2.13. The quantitative estimate of drug-likeness (QED) is 0.248. The van der Waals surface area contributed by atoms with Gasteiger partial charge in [-0.1, -0.05) is 6.08 Å². The Labute approximate surface area is 88.5 Å². The van der Waals surface area contributed by atoms with E-state index in [0.717, 1.165) is 24.8 Å². The van der Waals surface area contributed by atoms with Gasteiger partial charge in [0.2, 0.25) is 0 Å². The van der Waals surface area contributed by atoms with Crippen molar-refractivity contribution in [2.45, 2.75) is 19.3 Å². The third-order valence-electron chi connectivity index (χ3n) is 1.63. The van der Waals surface area contributed by atoms with E-state index in [1.807, 2.05) is 12.1 Å². The molecule has 0 amide bonds. The number of rotatable bonds is 1. The number of nitriles is 1. The van der Waals surface area contributed by atoms with E-state index in [2.05, 4.69) is 0 Å². The zero-order valence-corrected chi connectivity index (χ0v) is 8.63. The van der Waals surface area contributed by atoms with Crippen molar-refractivity contribution in [3.05, 3.63) is 23.5 Å². The summed E-state index contributed by atoms with van der Waals surface area (Å²) in [4.78, 5) is 0. The molecular weight excluding hydrogens is 149 g/mol. The van der Waals surface area contributed by atoms with Crippen molar-refractivity contribution in [2.24, 2.45) is 0 Å². The molecule has 0 aromatic rings. The van der Waals surface area contributed by atoms with Gasteiger partial charge in [0, 0.05) is 5.57 Å². The molecule has 0 heterocycles. The molecule has 0 atom stereocenters. The van der Waals surface area contributed by atoms with Gasteiger partial charge in [0.25, 0.3) is 0 Å². The molecule has 0 aromatic heterocycles. The van der Waals surface area contributed by atoms with Crippen molar-refractivity contribution in [2.75, 3.05) is 0 Å². The summed E-state index contributed by atoms with van der Waals surface area (Å²) in [5.74, 6) is 0. The van der Waals surface area contributed by atoms with Crippen LogP contribution in [0.4, 0.5) is 0 Å². The second-order valence-corrected chi connectivity index (χ2v) is 2.26. The second kappa shape index (κ2) is 5.42. The van der Waals surface area contributed by atoms with Crippen LogP contribution in [0, 0.1) is 11.3 Å². The van der Waals surface area contributed by atoms with Gasteiger partial charge in [0.1, 0.15) is 0 Å². The van der Waals surface area contributed by atoms with Crippen LogP contribution >= 0.6 is 0 Å². The van der Waals surface area contributed by atoms with Crippen molar-refractivity contribution < 1.29 is 34.7 Å². The third kappa shape index (κ3) is 2.70. The number of nitrogens with zero attached hydrogens (tertiary/aromatic N) is 1. The Kier molecular flexibility index (Phi) is 5.31. The first-order valence-corrected chi connectivity index (χ1v) is 3.30. The zero-order valence-electron chi connectivity index (χ0n) is 6.63. The largest absolute Gasteiger partial charge is 1.00 e. The summed E-state index contributed by atoms with van der Waals surface area (Å²) in [6.45, 7) is 0. The standard InChI is InChI=1S/C8H9NO.Na/c9-5-8(6-10)7-3-1-2-4-7;/h3,6,10H,1-2,4H2;/q;+1/p-1/b8-6+;. The Morgan fingerprint density at radius 1 is 1.73 bits per heavy atom. The monoisotopic (exact) mass is 157 g/mol. The molecule has 1 aliphatic rings. The van der Waals surface area contributed by atoms with Crippen molar-refractivity contribution in [3.8, 4) is 6.07 Å². The van der Waals surface area contributed by atoms with Gasteiger partial charge < -0.3 is 5.11 Å². The van der Waals surface area contributed by atoms with Gasteiger partial charge >= 0.3 is 29.6 Å². The van der Waals surface area contributed by atoms with Gasteiger partial charge in [-0.15, -0.1) is 6.26 Å². The molecule has 0 fully saturated rings. The van der Waals surface area contributed by atoms with Crippen LogP contribution < -0.4 is 34.7 Å². The summed E-state index contributed by atoms with van der Waals surface area (Å²) >= 11 is 0. The maximum Gasteiger partial charge on any atom is 1.00 e. The first-order valence-electron chi connectivity index (χ1n) is 3.30. The molecule has 0 aromatic carbocycles. The molecule has 0 aliphatic heterocycles. The topological polar surface area (TPSA) is 46.8 Å². The minimum atomic E-state index is 0. The molecule has 0 unspecified atom stereocenters. The molecular formula is C8H8NNaO. The normalized spacial score (nSPS) is 16.6. The molecule has 2 nitrogen and oxygen atoms in total. The third-order valence-corrected chi connectivity index (χ3v) is 1.63. The average molecular weight is 157 g/mol. The summed E-state index contributed by atoms with van der Waals surface area (Å²) in [6.07, 6.45) is 5.58. The van der Waals surface area contributed by atoms with Gasteiger partial charge in [-0.05, 0) is 24.8 Å². The molecule has 0 bridgehead atoms. The first kappa shape index (κ1) is 10.8. The molecule has 3 heteroatoms. The Morgan fingerprint density at radius 3 is 2.82 bits per heavy atom. The van der Waals surface area contributed by atoms with E-state index in [0.29, 0.717) is 11.8 Å². The van der Waals surface area contributed by atoms with E-state index in [1.165, 1.54) is 0 Å². The van der Waals surface area contributed by atoms with Crippen LogP contribution in [0.5, 0.6) is 0 Å². The summed E-state index contributed by atoms with van der Waals surface area (Å²) in [5, 5.41) is 18.7. The fraction of sp³-hybridized carbons (Fsp3) is 0.375. The number of hydrogen-bond donors (Lipinski definition) is 0. The molecule has 1 aliphatic carbocycles. The maximum atomic E-state index is 10.2. The molecule has 1 rings (SSSR count). The summed E-state index contributed by atoms with van der Waals surface area (Å²) < 4.78 is 0. The van der Waals surface area contributed by atoms with Gasteiger partial charge in [-0.3, -0.25) is 0 Å². The Balaban J connectivity index is 0.000001000. The van der Waals surface area contributed by atoms with E-state index < -0.39 is 0 Å². The summed E-state index contributed by atoms with van der Waals surface area (Å²) in [5.41, 5.74) is 1.23. The van der Waals surface area contributed by atoms with Crippen molar-refractivity contribution >= 4 is 0 Å². The number of allylic oxidation sites excluding steroid dienone is 3. The van der Waals surface area contributed by atoms with E-state index >= 15 is 0 Å². The van der Waals surface area contributed by atoms with E-state index in [-0.39, 0.29) is 29.6 Å². The molecule has 0 saturated heterocycles. The van der Waals surface area contributed by atoms with Crippen molar-refractivity contribution in [1.29, 1.82) is 5.26 Å². The molecule has 0 spiro atoms.